The Kier molecular flexibility index (Phi) is 3.91. The van der Waals surface area contributed by atoms with Crippen LogP contribution in [0.5, 0.6) is 0 Å². The summed E-state index contributed by atoms with van der Waals surface area (Å²) < 4.78 is 0. The predicted octanol–water partition coefficient (Wildman–Crippen LogP) is 3.12. The molecule has 3 heteroatoms. The van der Waals surface area contributed by atoms with Gasteiger partial charge in [0.1, 0.15) is 0 Å². The zero-order valence-electron chi connectivity index (χ0n) is 11.8. The van der Waals surface area contributed by atoms with E-state index in [-0.39, 0.29) is 6.04 Å². The summed E-state index contributed by atoms with van der Waals surface area (Å²) in [6, 6.07) is 4.23. The molecule has 1 saturated heterocycles. The topological polar surface area (TPSA) is 42.1 Å². The number of nitrogens with zero attached hydrogens (tertiary/aromatic N) is 2. The standard InChI is InChI=1S/C15H25N3/c1-4-15(5-2)8-9-18(11-15)13-6-7-14(12(3)16)17-10-13/h6-7,10,12H,4-5,8-9,11,16H2,1-3H3/t12-/m1/s1. The summed E-state index contributed by atoms with van der Waals surface area (Å²) >= 11 is 0. The molecule has 0 radical (unpaired) electrons. The molecule has 0 amide bonds. The van der Waals surface area contributed by atoms with Crippen LogP contribution in [0.2, 0.25) is 0 Å². The minimum absolute atomic E-state index is 0.0167. The third-order valence-electron chi connectivity index (χ3n) is 4.54. The van der Waals surface area contributed by atoms with Crippen molar-refractivity contribution in [3.8, 4) is 0 Å². The Morgan fingerprint density at radius 2 is 2.11 bits per heavy atom. The van der Waals surface area contributed by atoms with E-state index in [0.29, 0.717) is 5.41 Å². The van der Waals surface area contributed by atoms with E-state index in [1.54, 1.807) is 0 Å². The van der Waals surface area contributed by atoms with Gasteiger partial charge in [0.05, 0.1) is 17.6 Å². The Labute approximate surface area is 110 Å². The minimum Gasteiger partial charge on any atom is -0.370 e. The van der Waals surface area contributed by atoms with E-state index >= 15 is 0 Å². The number of hydrogen-bond donors (Lipinski definition) is 1. The second-order valence-electron chi connectivity index (χ2n) is 5.61. The van der Waals surface area contributed by atoms with Crippen LogP contribution >= 0.6 is 0 Å². The molecule has 1 aromatic heterocycles. The van der Waals surface area contributed by atoms with Crippen LogP contribution in [0.25, 0.3) is 0 Å². The zero-order valence-corrected chi connectivity index (χ0v) is 11.8. The molecule has 3 nitrogen and oxygen atoms in total. The number of pyridine rings is 1. The van der Waals surface area contributed by atoms with E-state index in [9.17, 15) is 0 Å². The Hall–Kier alpha value is -1.09. The normalized spacial score (nSPS) is 20.1. The lowest BCUT2D eigenvalue weighted by Gasteiger charge is -2.27. The highest BCUT2D eigenvalue weighted by Gasteiger charge is 2.34. The molecular formula is C15H25N3. The highest BCUT2D eigenvalue weighted by molar-refractivity contribution is 5.46. The molecule has 0 aromatic carbocycles. The molecule has 0 bridgehead atoms. The van der Waals surface area contributed by atoms with Gasteiger partial charge in [-0.1, -0.05) is 13.8 Å². The fourth-order valence-electron chi connectivity index (χ4n) is 2.84. The maximum absolute atomic E-state index is 5.83. The number of nitrogens with two attached hydrogens (primary N) is 1. The Balaban J connectivity index is 2.09. The molecule has 1 aliphatic rings. The molecule has 1 fully saturated rings. The summed E-state index contributed by atoms with van der Waals surface area (Å²) in [5, 5.41) is 0. The van der Waals surface area contributed by atoms with Crippen LogP contribution in [-0.4, -0.2) is 18.1 Å². The van der Waals surface area contributed by atoms with E-state index in [0.717, 1.165) is 12.2 Å². The molecule has 0 aliphatic carbocycles. The number of rotatable bonds is 4. The van der Waals surface area contributed by atoms with Gasteiger partial charge >= 0.3 is 0 Å². The Morgan fingerprint density at radius 1 is 1.39 bits per heavy atom. The molecule has 2 rings (SSSR count). The molecule has 2 N–H and O–H groups in total. The molecule has 100 valence electrons. The van der Waals surface area contributed by atoms with Crippen molar-refractivity contribution in [3.05, 3.63) is 24.0 Å². The van der Waals surface area contributed by atoms with Crippen molar-refractivity contribution in [2.75, 3.05) is 18.0 Å². The fraction of sp³-hybridized carbons (Fsp3) is 0.667. The SMILES string of the molecule is CCC1(CC)CCN(c2ccc([C@@H](C)N)nc2)C1. The quantitative estimate of drug-likeness (QED) is 0.889. The van der Waals surface area contributed by atoms with Gasteiger partial charge in [-0.05, 0) is 43.7 Å². The number of aromatic nitrogens is 1. The largest absolute Gasteiger partial charge is 0.370 e. The van der Waals surface area contributed by atoms with Crippen molar-refractivity contribution in [3.63, 3.8) is 0 Å². The van der Waals surface area contributed by atoms with E-state index in [1.807, 2.05) is 13.1 Å². The molecular weight excluding hydrogens is 222 g/mol. The number of anilines is 1. The summed E-state index contributed by atoms with van der Waals surface area (Å²) in [4.78, 5) is 6.92. The van der Waals surface area contributed by atoms with Crippen LogP contribution in [0.1, 0.15) is 51.8 Å². The van der Waals surface area contributed by atoms with Crippen molar-refractivity contribution in [1.82, 2.24) is 4.98 Å². The Morgan fingerprint density at radius 3 is 2.56 bits per heavy atom. The van der Waals surface area contributed by atoms with Crippen LogP contribution in [0.15, 0.2) is 18.3 Å². The van der Waals surface area contributed by atoms with Crippen LogP contribution in [0.3, 0.4) is 0 Å². The third-order valence-corrected chi connectivity index (χ3v) is 4.54. The first-order chi connectivity index (χ1) is 8.60. The molecule has 1 aromatic rings. The van der Waals surface area contributed by atoms with Gasteiger partial charge in [0.25, 0.3) is 0 Å². The summed E-state index contributed by atoms with van der Waals surface area (Å²) in [6.45, 7) is 8.91. The van der Waals surface area contributed by atoms with Gasteiger partial charge in [0.15, 0.2) is 0 Å². The highest BCUT2D eigenvalue weighted by Crippen LogP contribution is 2.38. The molecule has 0 unspecified atom stereocenters. The van der Waals surface area contributed by atoms with Crippen molar-refractivity contribution < 1.29 is 0 Å². The van der Waals surface area contributed by atoms with Gasteiger partial charge in [-0.3, -0.25) is 4.98 Å². The van der Waals surface area contributed by atoms with Gasteiger partial charge in [-0.25, -0.2) is 0 Å². The first-order valence-corrected chi connectivity index (χ1v) is 7.07. The summed E-state index contributed by atoms with van der Waals surface area (Å²) in [5.41, 5.74) is 8.55. The summed E-state index contributed by atoms with van der Waals surface area (Å²) in [5.74, 6) is 0. The monoisotopic (exact) mass is 247 g/mol. The van der Waals surface area contributed by atoms with Gasteiger partial charge < -0.3 is 10.6 Å². The average molecular weight is 247 g/mol. The number of hydrogen-bond acceptors (Lipinski definition) is 3. The van der Waals surface area contributed by atoms with Gasteiger partial charge in [-0.15, -0.1) is 0 Å². The van der Waals surface area contributed by atoms with Crippen LogP contribution in [0.4, 0.5) is 5.69 Å². The Bertz CT molecular complexity index is 379. The van der Waals surface area contributed by atoms with Gasteiger partial charge in [-0.2, -0.15) is 0 Å². The van der Waals surface area contributed by atoms with Gasteiger partial charge in [0.2, 0.25) is 0 Å². The molecule has 0 spiro atoms. The molecule has 18 heavy (non-hydrogen) atoms. The lowest BCUT2D eigenvalue weighted by atomic mass is 9.82. The van der Waals surface area contributed by atoms with Crippen molar-refractivity contribution in [2.24, 2.45) is 11.1 Å². The smallest absolute Gasteiger partial charge is 0.0569 e. The lowest BCUT2D eigenvalue weighted by molar-refractivity contribution is 0.301. The molecule has 1 atom stereocenters. The van der Waals surface area contributed by atoms with Crippen molar-refractivity contribution in [1.29, 1.82) is 0 Å². The van der Waals surface area contributed by atoms with Crippen LogP contribution in [0, 0.1) is 5.41 Å². The van der Waals surface area contributed by atoms with E-state index in [1.165, 1.54) is 31.5 Å². The van der Waals surface area contributed by atoms with E-state index in [2.05, 4.69) is 35.9 Å². The van der Waals surface area contributed by atoms with E-state index in [4.69, 9.17) is 5.73 Å². The highest BCUT2D eigenvalue weighted by atomic mass is 15.2. The molecule has 1 aliphatic heterocycles. The maximum atomic E-state index is 5.83. The summed E-state index contributed by atoms with van der Waals surface area (Å²) in [7, 11) is 0. The predicted molar refractivity (Wildman–Crippen MR) is 76.7 cm³/mol. The van der Waals surface area contributed by atoms with E-state index < -0.39 is 0 Å². The fourth-order valence-corrected chi connectivity index (χ4v) is 2.84. The van der Waals surface area contributed by atoms with Crippen molar-refractivity contribution in [2.45, 2.75) is 46.1 Å². The average Bonchev–Trinajstić information content (AvgIpc) is 2.84. The molecule has 2 heterocycles. The second-order valence-corrected chi connectivity index (χ2v) is 5.61. The first-order valence-electron chi connectivity index (χ1n) is 7.07. The zero-order chi connectivity index (χ0) is 13.2. The van der Waals surface area contributed by atoms with Gasteiger partial charge in [0, 0.05) is 19.1 Å². The van der Waals surface area contributed by atoms with Crippen LogP contribution in [-0.2, 0) is 0 Å². The van der Waals surface area contributed by atoms with Crippen LogP contribution < -0.4 is 10.6 Å². The summed E-state index contributed by atoms with van der Waals surface area (Å²) in [6.07, 6.45) is 5.81. The second kappa shape index (κ2) is 5.27. The lowest BCUT2D eigenvalue weighted by Crippen LogP contribution is -2.26. The molecule has 0 saturated carbocycles. The third kappa shape index (κ3) is 2.51. The maximum Gasteiger partial charge on any atom is 0.0569 e. The van der Waals surface area contributed by atoms with Crippen molar-refractivity contribution >= 4 is 5.69 Å². The minimum atomic E-state index is 0.0167. The first kappa shape index (κ1) is 13.3.